The summed E-state index contributed by atoms with van der Waals surface area (Å²) in [5.41, 5.74) is 8.70. The van der Waals surface area contributed by atoms with Crippen LogP contribution in [-0.4, -0.2) is 26.4 Å². The second-order valence-corrected chi connectivity index (χ2v) is 7.19. The van der Waals surface area contributed by atoms with E-state index < -0.39 is 0 Å². The van der Waals surface area contributed by atoms with Crippen LogP contribution in [0.2, 0.25) is 0 Å². The Hall–Kier alpha value is -1.59. The number of rotatable bonds is 2. The average molecular weight is 301 g/mol. The number of phenols is 1. The van der Waals surface area contributed by atoms with E-state index in [1.807, 2.05) is 18.2 Å². The highest BCUT2D eigenvalue weighted by Crippen LogP contribution is 2.42. The number of aromatic hydroxyl groups is 1. The summed E-state index contributed by atoms with van der Waals surface area (Å²) in [6.45, 7) is 4.27. The monoisotopic (exact) mass is 301 g/mol. The Bertz CT molecular complexity index is 645. The van der Waals surface area contributed by atoms with Crippen molar-refractivity contribution < 1.29 is 5.11 Å². The number of fused-ring (bicyclic) bond motifs is 1. The molecule has 0 spiro atoms. The molecule has 1 aromatic carbocycles. The molecule has 0 bridgehead atoms. The molecule has 1 aliphatic rings. The van der Waals surface area contributed by atoms with Crippen LogP contribution in [0.4, 0.5) is 0 Å². The van der Waals surface area contributed by atoms with Crippen molar-refractivity contribution >= 4 is 11.8 Å². The zero-order valence-corrected chi connectivity index (χ0v) is 13.0. The third-order valence-electron chi connectivity index (χ3n) is 4.24. The fourth-order valence-electron chi connectivity index (χ4n) is 2.93. The molecule has 5 heteroatoms. The summed E-state index contributed by atoms with van der Waals surface area (Å²) in [6.07, 6.45) is 4.37. The summed E-state index contributed by atoms with van der Waals surface area (Å²) in [6, 6.07) is 7.37. The van der Waals surface area contributed by atoms with Gasteiger partial charge in [-0.25, -0.2) is 9.97 Å². The van der Waals surface area contributed by atoms with Crippen LogP contribution >= 0.6 is 11.8 Å². The van der Waals surface area contributed by atoms with Gasteiger partial charge < -0.3 is 10.8 Å². The van der Waals surface area contributed by atoms with Crippen LogP contribution < -0.4 is 5.73 Å². The molecular formula is C16H19N3OS. The minimum absolute atomic E-state index is 0.0272. The molecule has 0 amide bonds. The van der Waals surface area contributed by atoms with Crippen molar-refractivity contribution in [2.75, 3.05) is 0 Å². The molecule has 110 valence electrons. The van der Waals surface area contributed by atoms with Crippen LogP contribution in [0.1, 0.15) is 25.0 Å². The second kappa shape index (κ2) is 5.31. The van der Waals surface area contributed by atoms with Crippen molar-refractivity contribution in [3.8, 4) is 5.75 Å². The number of aromatic nitrogens is 2. The quantitative estimate of drug-likeness (QED) is 0.834. The fourth-order valence-corrected chi connectivity index (χ4v) is 4.19. The number of thioether (sulfide) groups is 1. The summed E-state index contributed by atoms with van der Waals surface area (Å²) in [5, 5.41) is 10.7. The molecule has 0 radical (unpaired) electrons. The van der Waals surface area contributed by atoms with Crippen molar-refractivity contribution in [3.05, 3.63) is 47.8 Å². The first-order chi connectivity index (χ1) is 9.98. The molecule has 4 nitrogen and oxygen atoms in total. The highest BCUT2D eigenvalue weighted by atomic mass is 32.2. The van der Waals surface area contributed by atoms with E-state index in [9.17, 15) is 5.11 Å². The predicted molar refractivity (Wildman–Crippen MR) is 84.5 cm³/mol. The summed E-state index contributed by atoms with van der Waals surface area (Å²) >= 11 is 1.63. The second-order valence-electron chi connectivity index (χ2n) is 5.98. The van der Waals surface area contributed by atoms with E-state index >= 15 is 0 Å². The largest absolute Gasteiger partial charge is 0.508 e. The molecule has 0 saturated carbocycles. The third kappa shape index (κ3) is 2.63. The molecular weight excluding hydrogens is 282 g/mol. The zero-order valence-electron chi connectivity index (χ0n) is 12.2. The minimum atomic E-state index is -0.196. The highest BCUT2D eigenvalue weighted by Gasteiger charge is 2.41. The number of nitrogens with two attached hydrogens (primary N) is 1. The molecule has 0 saturated heterocycles. The number of hydrogen-bond acceptors (Lipinski definition) is 5. The molecule has 0 unspecified atom stereocenters. The molecule has 3 rings (SSSR count). The lowest BCUT2D eigenvalue weighted by atomic mass is 9.69. The van der Waals surface area contributed by atoms with Crippen LogP contribution in [0, 0.1) is 0 Å². The summed E-state index contributed by atoms with van der Waals surface area (Å²) < 4.78 is 0. The van der Waals surface area contributed by atoms with Gasteiger partial charge in [-0.1, -0.05) is 31.7 Å². The van der Waals surface area contributed by atoms with Crippen molar-refractivity contribution in [3.63, 3.8) is 0 Å². The standard InChI is InChI=1S/C16H19N3OS/c1-16(2)12-9-11(20)5-4-10(12)8-13(14(16)17)21-15-18-6-3-7-19-15/h3-7,9,13-14,20H,8,17H2,1-2H3/t13-,14+/m1/s1. The van der Waals surface area contributed by atoms with Crippen LogP contribution in [0.5, 0.6) is 5.75 Å². The lowest BCUT2D eigenvalue weighted by molar-refractivity contribution is 0.369. The van der Waals surface area contributed by atoms with Gasteiger partial charge in [0.2, 0.25) is 0 Å². The van der Waals surface area contributed by atoms with E-state index in [4.69, 9.17) is 5.73 Å². The molecule has 1 aromatic heterocycles. The molecule has 2 atom stereocenters. The number of nitrogens with zero attached hydrogens (tertiary/aromatic N) is 2. The van der Waals surface area contributed by atoms with Crippen LogP contribution in [0.3, 0.4) is 0 Å². The maximum absolute atomic E-state index is 9.74. The maximum atomic E-state index is 9.74. The molecule has 21 heavy (non-hydrogen) atoms. The highest BCUT2D eigenvalue weighted by molar-refractivity contribution is 7.99. The van der Waals surface area contributed by atoms with E-state index in [1.165, 1.54) is 5.56 Å². The number of hydrogen-bond donors (Lipinski definition) is 2. The van der Waals surface area contributed by atoms with Gasteiger partial charge in [0.25, 0.3) is 0 Å². The predicted octanol–water partition coefficient (Wildman–Crippen LogP) is 2.50. The van der Waals surface area contributed by atoms with Gasteiger partial charge in [-0.15, -0.1) is 0 Å². The Morgan fingerprint density at radius 1 is 1.29 bits per heavy atom. The van der Waals surface area contributed by atoms with E-state index in [1.54, 1.807) is 30.2 Å². The third-order valence-corrected chi connectivity index (χ3v) is 5.43. The van der Waals surface area contributed by atoms with Gasteiger partial charge in [0.05, 0.1) is 0 Å². The van der Waals surface area contributed by atoms with Gasteiger partial charge in [-0.2, -0.15) is 0 Å². The van der Waals surface area contributed by atoms with Gasteiger partial charge in [0.15, 0.2) is 5.16 Å². The minimum Gasteiger partial charge on any atom is -0.508 e. The smallest absolute Gasteiger partial charge is 0.187 e. The molecule has 0 aliphatic heterocycles. The number of phenolic OH excluding ortho intramolecular Hbond substituents is 1. The van der Waals surface area contributed by atoms with Crippen LogP contribution in [0.25, 0.3) is 0 Å². The number of benzene rings is 1. The molecule has 0 fully saturated rings. The Kier molecular flexibility index (Phi) is 3.63. The van der Waals surface area contributed by atoms with Crippen molar-refractivity contribution in [1.29, 1.82) is 0 Å². The SMILES string of the molecule is CC1(C)c2cc(O)ccc2C[C@@H](Sc2ncccn2)[C@@H]1N. The first-order valence-corrected chi connectivity index (χ1v) is 7.88. The van der Waals surface area contributed by atoms with E-state index in [0.717, 1.165) is 17.1 Å². The van der Waals surface area contributed by atoms with Gasteiger partial charge in [-0.3, -0.25) is 0 Å². The Morgan fingerprint density at radius 2 is 2.00 bits per heavy atom. The lowest BCUT2D eigenvalue weighted by Gasteiger charge is -2.42. The zero-order chi connectivity index (χ0) is 15.0. The Balaban J connectivity index is 1.94. The maximum Gasteiger partial charge on any atom is 0.187 e. The topological polar surface area (TPSA) is 72.0 Å². The summed E-state index contributed by atoms with van der Waals surface area (Å²) in [7, 11) is 0. The van der Waals surface area contributed by atoms with Gasteiger partial charge >= 0.3 is 0 Å². The van der Waals surface area contributed by atoms with Gasteiger partial charge in [0, 0.05) is 29.1 Å². The average Bonchev–Trinajstić information content (AvgIpc) is 2.47. The van der Waals surface area contributed by atoms with Gasteiger partial charge in [-0.05, 0) is 35.7 Å². The van der Waals surface area contributed by atoms with Crippen molar-refractivity contribution in [2.45, 2.75) is 42.1 Å². The van der Waals surface area contributed by atoms with Crippen LogP contribution in [-0.2, 0) is 11.8 Å². The molecule has 3 N–H and O–H groups in total. The fraction of sp³-hybridized carbons (Fsp3) is 0.375. The molecule has 2 aromatic rings. The van der Waals surface area contributed by atoms with Gasteiger partial charge in [0.1, 0.15) is 5.75 Å². The normalized spacial score (nSPS) is 23.6. The first kappa shape index (κ1) is 14.4. The molecule has 1 heterocycles. The van der Waals surface area contributed by atoms with E-state index in [-0.39, 0.29) is 16.7 Å². The van der Waals surface area contributed by atoms with Crippen molar-refractivity contribution in [1.82, 2.24) is 9.97 Å². The summed E-state index contributed by atoms with van der Waals surface area (Å²) in [5.74, 6) is 0.298. The molecule has 1 aliphatic carbocycles. The van der Waals surface area contributed by atoms with Crippen molar-refractivity contribution in [2.24, 2.45) is 5.73 Å². The Morgan fingerprint density at radius 3 is 2.71 bits per heavy atom. The first-order valence-electron chi connectivity index (χ1n) is 7.00. The summed E-state index contributed by atoms with van der Waals surface area (Å²) in [4.78, 5) is 8.56. The van der Waals surface area contributed by atoms with E-state index in [2.05, 4.69) is 23.8 Å². The Labute approximate surface area is 128 Å². The van der Waals surface area contributed by atoms with E-state index in [0.29, 0.717) is 5.75 Å². The lowest BCUT2D eigenvalue weighted by Crippen LogP contribution is -2.52. The van der Waals surface area contributed by atoms with Crippen LogP contribution in [0.15, 0.2) is 41.8 Å².